The fourth-order valence-electron chi connectivity index (χ4n) is 19.4. The fraction of sp³-hybridized carbons (Fsp3) is 0.217. The Bertz CT molecular complexity index is 7080. The first-order valence-corrected chi connectivity index (χ1v) is 43.9. The van der Waals surface area contributed by atoms with Crippen molar-refractivity contribution >= 4 is 109 Å². The van der Waals surface area contributed by atoms with Crippen LogP contribution in [0.5, 0.6) is 0 Å². The summed E-state index contributed by atoms with van der Waals surface area (Å²) < 4.78 is 7.66. The number of benzene rings is 15. The molecule has 20 rings (SSSR count). The third-order valence-electron chi connectivity index (χ3n) is 26.0. The highest BCUT2D eigenvalue weighted by Gasteiger charge is 2.46. The fourth-order valence-corrected chi connectivity index (χ4v) is 20.6. The standard InChI is InChI=1S/C115H106N4S/c1-110(2,3)76-44-35-45-82(62-76)117-92-48-33-31-46-84(92)105-99(117)68-87(70-36-23-19-24-37-70)108(102(105)72-40-27-21-28-41-72)118-95-55-50-74(75-58-79(113(10,11)12)61-80(59-75)114(13,14)15)60-91(95)104-85-54-53-83(116-93-56-51-77(111(4,5)6)63-89(93)90-64-78(112(7,8)9)52-57-94(90)116)67-96(85)119(98-66-81(115(16,17)18)65-97(118)107(98)104)109-88(71-38-25-20-26-39-71)69-101-106(86-47-32-34-49-100(86)120-101)103(109)73-42-29-22-30-43-73/h19-69,104H,1-18H3. The quantitative estimate of drug-likeness (QED) is 0.143. The number of aromatic nitrogens is 2. The maximum Gasteiger partial charge on any atom is 0.0626 e. The topological polar surface area (TPSA) is 16.3 Å². The van der Waals surface area contributed by atoms with Crippen molar-refractivity contribution in [1.82, 2.24) is 9.13 Å². The Morgan fingerprint density at radius 1 is 0.242 bits per heavy atom. The SMILES string of the molecule is CC(C)(C)c1cccc(-n2c3ccccc3c3c(-c4ccccc4)c(N4c5ccc(-c6cc(C(C)(C)C)cc(C(C)(C)C)c6)cc5C5c6ccc(-n7c8ccc(C(C)(C)C)cc8c8cc(C(C)(C)C)ccc87)cc6N(c6c(-c7ccccc7)cc7sc8ccccc8c7c6-c6ccccc6)c6cc(C(C)(C)C)cc4c65)c(-c4ccccc4)cc32)c1. The molecular weight excluding hydrogens is 1470 g/mol. The average Bonchev–Trinajstić information content (AvgIpc) is 0.759. The lowest BCUT2D eigenvalue weighted by Crippen LogP contribution is -2.31. The molecule has 0 spiro atoms. The Balaban J connectivity index is 1.000. The average molecular weight is 1580 g/mol. The molecule has 5 heterocycles. The van der Waals surface area contributed by atoms with E-state index in [1.54, 1.807) is 0 Å². The van der Waals surface area contributed by atoms with Crippen molar-refractivity contribution < 1.29 is 0 Å². The molecule has 3 aromatic heterocycles. The Hall–Kier alpha value is -12.3. The molecule has 2 aliphatic rings. The van der Waals surface area contributed by atoms with Gasteiger partial charge in [-0.05, 0) is 207 Å². The number of rotatable bonds is 9. The molecule has 0 saturated carbocycles. The van der Waals surface area contributed by atoms with E-state index in [0.717, 1.165) is 89.9 Å². The molecule has 0 aliphatic carbocycles. The number of hydrogen-bond donors (Lipinski definition) is 0. The first-order valence-electron chi connectivity index (χ1n) is 43.1. The third kappa shape index (κ3) is 12.6. The molecule has 1 atom stereocenters. The molecule has 15 aromatic carbocycles. The molecule has 0 fully saturated rings. The van der Waals surface area contributed by atoms with Crippen LogP contribution in [-0.4, -0.2) is 9.13 Å². The summed E-state index contributed by atoms with van der Waals surface area (Å²) in [5, 5.41) is 7.42. The van der Waals surface area contributed by atoms with Crippen LogP contribution in [0.4, 0.5) is 34.1 Å². The van der Waals surface area contributed by atoms with Crippen LogP contribution < -0.4 is 9.80 Å². The molecular formula is C115H106N4S. The highest BCUT2D eigenvalue weighted by Crippen LogP contribution is 2.67. The van der Waals surface area contributed by atoms with E-state index < -0.39 is 0 Å². The molecule has 0 amide bonds. The molecule has 1 unspecified atom stereocenters. The van der Waals surface area contributed by atoms with Crippen LogP contribution in [0.15, 0.2) is 309 Å². The molecule has 18 aromatic rings. The van der Waals surface area contributed by atoms with Crippen molar-refractivity contribution in [3.63, 3.8) is 0 Å². The van der Waals surface area contributed by atoms with E-state index in [2.05, 4.69) is 453 Å². The van der Waals surface area contributed by atoms with Gasteiger partial charge < -0.3 is 18.9 Å². The summed E-state index contributed by atoms with van der Waals surface area (Å²) in [7, 11) is 0. The Labute approximate surface area is 712 Å². The lowest BCUT2D eigenvalue weighted by molar-refractivity contribution is 0.569. The van der Waals surface area contributed by atoms with Gasteiger partial charge in [-0.2, -0.15) is 0 Å². The number of fused-ring (bicyclic) bond motifs is 13. The molecule has 0 N–H and O–H groups in total. The van der Waals surface area contributed by atoms with Gasteiger partial charge in [0, 0.05) is 86.8 Å². The van der Waals surface area contributed by atoms with Gasteiger partial charge in [0.15, 0.2) is 0 Å². The number of anilines is 6. The maximum atomic E-state index is 2.80. The van der Waals surface area contributed by atoms with Gasteiger partial charge >= 0.3 is 0 Å². The molecule has 120 heavy (non-hydrogen) atoms. The summed E-state index contributed by atoms with van der Waals surface area (Å²) in [5.41, 5.74) is 36.0. The Morgan fingerprint density at radius 2 is 0.692 bits per heavy atom. The predicted molar refractivity (Wildman–Crippen MR) is 518 cm³/mol. The summed E-state index contributed by atoms with van der Waals surface area (Å²) in [6.07, 6.45) is 0. The van der Waals surface area contributed by atoms with Crippen molar-refractivity contribution in [1.29, 1.82) is 0 Å². The van der Waals surface area contributed by atoms with E-state index in [9.17, 15) is 0 Å². The summed E-state index contributed by atoms with van der Waals surface area (Å²) in [6, 6.07) is 121. The van der Waals surface area contributed by atoms with Crippen LogP contribution in [0.3, 0.4) is 0 Å². The number of thiophene rings is 1. The summed E-state index contributed by atoms with van der Waals surface area (Å²) in [4.78, 5) is 5.59. The van der Waals surface area contributed by atoms with Gasteiger partial charge in [-0.15, -0.1) is 11.3 Å². The third-order valence-corrected chi connectivity index (χ3v) is 27.1. The van der Waals surface area contributed by atoms with Gasteiger partial charge in [0.05, 0.1) is 56.2 Å². The lowest BCUT2D eigenvalue weighted by atomic mass is 9.72. The zero-order chi connectivity index (χ0) is 83.2. The largest absolute Gasteiger partial charge is 0.309 e. The van der Waals surface area contributed by atoms with Crippen LogP contribution >= 0.6 is 11.3 Å². The summed E-state index contributed by atoms with van der Waals surface area (Å²) in [5.74, 6) is -0.308. The monoisotopic (exact) mass is 1570 g/mol. The van der Waals surface area contributed by atoms with Gasteiger partial charge in [-0.25, -0.2) is 0 Å². The normalized spacial score (nSPS) is 14.0. The van der Waals surface area contributed by atoms with Crippen LogP contribution in [0.25, 0.3) is 131 Å². The smallest absolute Gasteiger partial charge is 0.0626 e. The van der Waals surface area contributed by atoms with E-state index in [1.807, 2.05) is 11.3 Å². The van der Waals surface area contributed by atoms with Crippen LogP contribution in [0.2, 0.25) is 0 Å². The van der Waals surface area contributed by atoms with E-state index >= 15 is 0 Å². The van der Waals surface area contributed by atoms with E-state index in [1.165, 1.54) is 125 Å². The minimum absolute atomic E-state index is 0.0783. The second kappa shape index (κ2) is 27.6. The minimum Gasteiger partial charge on any atom is -0.309 e. The lowest BCUT2D eigenvalue weighted by Gasteiger charge is -2.47. The predicted octanol–water partition coefficient (Wildman–Crippen LogP) is 33.1. The number of hydrogen-bond acceptors (Lipinski definition) is 3. The van der Waals surface area contributed by atoms with Gasteiger partial charge in [0.25, 0.3) is 0 Å². The first kappa shape index (κ1) is 76.4. The minimum atomic E-state index is -0.379. The van der Waals surface area contributed by atoms with Crippen LogP contribution in [-0.2, 0) is 32.5 Å². The second-order valence-corrected chi connectivity index (χ2v) is 41.3. The van der Waals surface area contributed by atoms with Crippen molar-refractivity contribution in [3.8, 4) is 67.0 Å². The van der Waals surface area contributed by atoms with Crippen molar-refractivity contribution in [2.45, 2.75) is 163 Å². The van der Waals surface area contributed by atoms with Gasteiger partial charge in [-0.1, -0.05) is 337 Å². The first-order chi connectivity index (χ1) is 57.3. The highest BCUT2D eigenvalue weighted by molar-refractivity contribution is 7.26. The summed E-state index contributed by atoms with van der Waals surface area (Å²) in [6.45, 7) is 42.6. The zero-order valence-electron chi connectivity index (χ0n) is 72.7. The van der Waals surface area contributed by atoms with Gasteiger partial charge in [0.2, 0.25) is 0 Å². The van der Waals surface area contributed by atoms with E-state index in [0.29, 0.717) is 0 Å². The molecule has 4 nitrogen and oxygen atoms in total. The van der Waals surface area contributed by atoms with E-state index in [4.69, 9.17) is 0 Å². The van der Waals surface area contributed by atoms with Crippen molar-refractivity contribution in [2.75, 3.05) is 9.80 Å². The molecule has 592 valence electrons. The molecule has 5 heteroatoms. The summed E-state index contributed by atoms with van der Waals surface area (Å²) >= 11 is 1.90. The van der Waals surface area contributed by atoms with Crippen LogP contribution in [0, 0.1) is 0 Å². The van der Waals surface area contributed by atoms with Crippen molar-refractivity contribution in [3.05, 3.63) is 359 Å². The van der Waals surface area contributed by atoms with Gasteiger partial charge in [-0.3, -0.25) is 0 Å². The molecule has 2 aliphatic heterocycles. The Morgan fingerprint density at radius 3 is 1.24 bits per heavy atom. The molecule has 0 radical (unpaired) electrons. The Kier molecular flexibility index (Phi) is 17.6. The van der Waals surface area contributed by atoms with Crippen LogP contribution in [0.1, 0.15) is 181 Å². The number of para-hydroxylation sites is 1. The maximum absolute atomic E-state index is 2.80. The highest BCUT2D eigenvalue weighted by atomic mass is 32.1. The van der Waals surface area contributed by atoms with Gasteiger partial charge in [0.1, 0.15) is 0 Å². The van der Waals surface area contributed by atoms with E-state index in [-0.39, 0.29) is 38.4 Å². The van der Waals surface area contributed by atoms with Crippen molar-refractivity contribution in [2.24, 2.45) is 0 Å². The zero-order valence-corrected chi connectivity index (χ0v) is 73.5. The number of nitrogens with zero attached hydrogens (tertiary/aromatic N) is 4. The molecule has 0 bridgehead atoms. The second-order valence-electron chi connectivity index (χ2n) is 40.2. The molecule has 0 saturated heterocycles.